The van der Waals surface area contributed by atoms with E-state index in [0.717, 1.165) is 0 Å². The summed E-state index contributed by atoms with van der Waals surface area (Å²) in [7, 11) is -3.65. The van der Waals surface area contributed by atoms with Crippen molar-refractivity contribution in [3.05, 3.63) is 18.2 Å². The van der Waals surface area contributed by atoms with Crippen molar-refractivity contribution in [1.29, 1.82) is 0 Å². The highest BCUT2D eigenvalue weighted by molar-refractivity contribution is 7.91. The van der Waals surface area contributed by atoms with Crippen molar-refractivity contribution < 1.29 is 28.2 Å². The van der Waals surface area contributed by atoms with E-state index in [9.17, 15) is 18.0 Å². The first-order valence-electron chi connectivity index (χ1n) is 7.72. The van der Waals surface area contributed by atoms with Crippen molar-refractivity contribution in [2.75, 3.05) is 36.5 Å². The van der Waals surface area contributed by atoms with Crippen LogP contribution in [0.1, 0.15) is 19.3 Å². The Bertz CT molecular complexity index is 705. The standard InChI is InChI=1S/C15H23N3O6S/c16-11-2-3-12(13(10-11)25(23,24)9-8-19)17-6-1-7-18-14(20)4-5-15(21)22/h2-3,10,17,19H,1,4-9,16H2,(H,18,20)(H,21,22). The van der Waals surface area contributed by atoms with Crippen molar-refractivity contribution in [3.8, 4) is 0 Å². The molecule has 0 saturated heterocycles. The summed E-state index contributed by atoms with van der Waals surface area (Å²) >= 11 is 0. The molecule has 0 aliphatic carbocycles. The quantitative estimate of drug-likeness (QED) is 0.264. The number of rotatable bonds is 11. The molecule has 9 nitrogen and oxygen atoms in total. The number of aliphatic hydroxyl groups excluding tert-OH is 1. The molecule has 0 saturated carbocycles. The number of nitrogens with two attached hydrogens (primary N) is 1. The SMILES string of the molecule is Nc1ccc(NCCCNC(=O)CCC(=O)O)c(S(=O)(=O)CCO)c1. The van der Waals surface area contributed by atoms with E-state index < -0.39 is 28.2 Å². The molecule has 140 valence electrons. The second kappa shape index (κ2) is 9.84. The van der Waals surface area contributed by atoms with Crippen molar-refractivity contribution in [2.24, 2.45) is 0 Å². The third-order valence-corrected chi connectivity index (χ3v) is 4.99. The number of carbonyl (C=O) groups is 2. The zero-order valence-electron chi connectivity index (χ0n) is 13.7. The first-order valence-corrected chi connectivity index (χ1v) is 9.37. The van der Waals surface area contributed by atoms with Gasteiger partial charge in [-0.2, -0.15) is 0 Å². The van der Waals surface area contributed by atoms with Crippen LogP contribution < -0.4 is 16.4 Å². The van der Waals surface area contributed by atoms with E-state index in [2.05, 4.69) is 10.6 Å². The number of anilines is 2. The fourth-order valence-electron chi connectivity index (χ4n) is 2.02. The summed E-state index contributed by atoms with van der Waals surface area (Å²) in [6.45, 7) is 0.239. The summed E-state index contributed by atoms with van der Waals surface area (Å²) in [5, 5.41) is 22.9. The fourth-order valence-corrected chi connectivity index (χ4v) is 3.27. The number of aliphatic carboxylic acids is 1. The predicted octanol–water partition coefficient (Wildman–Crippen LogP) is -0.182. The molecule has 1 aromatic rings. The van der Waals surface area contributed by atoms with E-state index in [1.807, 2.05) is 0 Å². The highest BCUT2D eigenvalue weighted by Crippen LogP contribution is 2.25. The summed E-state index contributed by atoms with van der Waals surface area (Å²) in [6, 6.07) is 4.44. The minimum atomic E-state index is -3.65. The Hall–Kier alpha value is -2.33. The minimum Gasteiger partial charge on any atom is -0.481 e. The molecule has 0 bridgehead atoms. The second-order valence-electron chi connectivity index (χ2n) is 5.32. The zero-order chi connectivity index (χ0) is 18.9. The van der Waals surface area contributed by atoms with Gasteiger partial charge in [0.05, 0.1) is 29.4 Å². The van der Waals surface area contributed by atoms with Crippen LogP contribution in [-0.2, 0) is 19.4 Å². The first kappa shape index (κ1) is 20.7. The summed E-state index contributed by atoms with van der Waals surface area (Å²) in [6.07, 6.45) is 0.217. The van der Waals surface area contributed by atoms with Crippen LogP contribution in [0, 0.1) is 0 Å². The molecule has 0 aliphatic rings. The van der Waals surface area contributed by atoms with E-state index >= 15 is 0 Å². The molecule has 0 aromatic heterocycles. The highest BCUT2D eigenvalue weighted by atomic mass is 32.2. The molecular formula is C15H23N3O6S. The summed E-state index contributed by atoms with van der Waals surface area (Å²) in [5.41, 5.74) is 6.31. The Morgan fingerprint density at radius 3 is 2.52 bits per heavy atom. The molecule has 10 heteroatoms. The smallest absolute Gasteiger partial charge is 0.303 e. The number of carbonyl (C=O) groups excluding carboxylic acids is 1. The Labute approximate surface area is 146 Å². The van der Waals surface area contributed by atoms with Crippen LogP contribution in [0.4, 0.5) is 11.4 Å². The van der Waals surface area contributed by atoms with Gasteiger partial charge in [-0.15, -0.1) is 0 Å². The number of carboxylic acids is 1. The number of benzene rings is 1. The van der Waals surface area contributed by atoms with Gasteiger partial charge >= 0.3 is 5.97 Å². The first-order chi connectivity index (χ1) is 11.8. The van der Waals surface area contributed by atoms with Crippen LogP contribution >= 0.6 is 0 Å². The van der Waals surface area contributed by atoms with E-state index in [-0.39, 0.29) is 23.6 Å². The van der Waals surface area contributed by atoms with Gasteiger partial charge in [0.25, 0.3) is 0 Å². The largest absolute Gasteiger partial charge is 0.481 e. The highest BCUT2D eigenvalue weighted by Gasteiger charge is 2.18. The maximum Gasteiger partial charge on any atom is 0.303 e. The van der Waals surface area contributed by atoms with Gasteiger partial charge in [0.1, 0.15) is 0 Å². The molecule has 0 atom stereocenters. The number of hydrogen-bond acceptors (Lipinski definition) is 7. The van der Waals surface area contributed by atoms with Crippen LogP contribution in [-0.4, -0.2) is 56.0 Å². The van der Waals surface area contributed by atoms with E-state index in [1.165, 1.54) is 6.07 Å². The van der Waals surface area contributed by atoms with Crippen LogP contribution in [0.2, 0.25) is 0 Å². The van der Waals surface area contributed by atoms with E-state index in [4.69, 9.17) is 15.9 Å². The number of nitrogen functional groups attached to an aromatic ring is 1. The van der Waals surface area contributed by atoms with Crippen LogP contribution in [0.25, 0.3) is 0 Å². The predicted molar refractivity (Wildman–Crippen MR) is 93.0 cm³/mol. The number of carboxylic acid groups (broad SMARTS) is 1. The third kappa shape index (κ3) is 7.40. The number of aliphatic hydroxyl groups is 1. The Morgan fingerprint density at radius 2 is 1.88 bits per heavy atom. The molecule has 1 rings (SSSR count). The Kier molecular flexibility index (Phi) is 8.16. The molecule has 0 aliphatic heterocycles. The second-order valence-corrected chi connectivity index (χ2v) is 7.40. The topological polar surface area (TPSA) is 159 Å². The zero-order valence-corrected chi connectivity index (χ0v) is 14.5. The monoisotopic (exact) mass is 373 g/mol. The Morgan fingerprint density at radius 1 is 1.16 bits per heavy atom. The van der Waals surface area contributed by atoms with Crippen LogP contribution in [0.15, 0.2) is 23.1 Å². The lowest BCUT2D eigenvalue weighted by atomic mass is 10.2. The van der Waals surface area contributed by atoms with Gasteiger partial charge in [0.15, 0.2) is 9.84 Å². The lowest BCUT2D eigenvalue weighted by Crippen LogP contribution is -2.26. The van der Waals surface area contributed by atoms with Crippen molar-refractivity contribution in [3.63, 3.8) is 0 Å². The van der Waals surface area contributed by atoms with Gasteiger partial charge in [-0.3, -0.25) is 9.59 Å². The number of hydrogen-bond donors (Lipinski definition) is 5. The van der Waals surface area contributed by atoms with Crippen molar-refractivity contribution >= 4 is 33.1 Å². The Balaban J connectivity index is 2.53. The van der Waals surface area contributed by atoms with Crippen molar-refractivity contribution in [2.45, 2.75) is 24.2 Å². The molecule has 0 heterocycles. The summed E-state index contributed by atoms with van der Waals surface area (Å²) in [4.78, 5) is 21.7. The number of sulfone groups is 1. The average molecular weight is 373 g/mol. The maximum atomic E-state index is 12.1. The molecule has 1 amide bonds. The number of amides is 1. The van der Waals surface area contributed by atoms with Gasteiger partial charge in [0.2, 0.25) is 5.91 Å². The van der Waals surface area contributed by atoms with Gasteiger partial charge in [-0.1, -0.05) is 0 Å². The van der Waals surface area contributed by atoms with Crippen LogP contribution in [0.3, 0.4) is 0 Å². The molecule has 0 unspecified atom stereocenters. The lowest BCUT2D eigenvalue weighted by Gasteiger charge is -2.13. The lowest BCUT2D eigenvalue weighted by molar-refractivity contribution is -0.138. The molecule has 0 fully saturated rings. The van der Waals surface area contributed by atoms with Crippen molar-refractivity contribution in [1.82, 2.24) is 5.32 Å². The average Bonchev–Trinajstić information content (AvgIpc) is 2.53. The van der Waals surface area contributed by atoms with Gasteiger partial charge < -0.3 is 26.6 Å². The molecule has 0 radical (unpaired) electrons. The molecule has 1 aromatic carbocycles. The van der Waals surface area contributed by atoms with Crippen LogP contribution in [0.5, 0.6) is 0 Å². The molecule has 25 heavy (non-hydrogen) atoms. The van der Waals surface area contributed by atoms with E-state index in [1.54, 1.807) is 12.1 Å². The normalized spacial score (nSPS) is 11.1. The molecule has 0 spiro atoms. The maximum absolute atomic E-state index is 12.1. The number of nitrogens with one attached hydrogen (secondary N) is 2. The summed E-state index contributed by atoms with van der Waals surface area (Å²) < 4.78 is 24.3. The van der Waals surface area contributed by atoms with Gasteiger partial charge in [-0.05, 0) is 24.6 Å². The molecule has 6 N–H and O–H groups in total. The van der Waals surface area contributed by atoms with E-state index in [0.29, 0.717) is 30.9 Å². The van der Waals surface area contributed by atoms with Gasteiger partial charge in [-0.25, -0.2) is 8.42 Å². The summed E-state index contributed by atoms with van der Waals surface area (Å²) in [5.74, 6) is -1.78. The van der Waals surface area contributed by atoms with Gasteiger partial charge in [0, 0.05) is 25.2 Å². The third-order valence-electron chi connectivity index (χ3n) is 3.26. The molecular weight excluding hydrogens is 350 g/mol. The minimum absolute atomic E-state index is 0.0204. The fraction of sp³-hybridized carbons (Fsp3) is 0.467.